The highest BCUT2D eigenvalue weighted by Gasteiger charge is 2.25. The van der Waals surface area contributed by atoms with E-state index in [0.717, 1.165) is 49.4 Å². The molecule has 0 spiro atoms. The third-order valence-corrected chi connectivity index (χ3v) is 13.1. The van der Waals surface area contributed by atoms with Crippen molar-refractivity contribution in [3.05, 3.63) is 109 Å². The predicted molar refractivity (Wildman–Crippen MR) is 304 cm³/mol. The number of benzene rings is 8. The summed E-state index contributed by atoms with van der Waals surface area (Å²) in [5, 5.41) is 3.98. The molecule has 0 aliphatic rings. The van der Waals surface area contributed by atoms with E-state index < -0.39 is 0 Å². The Morgan fingerprint density at radius 3 is 1.36 bits per heavy atom. The Bertz CT molecular complexity index is 4020. The molecule has 0 aliphatic carbocycles. The Morgan fingerprint density at radius 1 is 0.300 bits per heavy atom. The summed E-state index contributed by atoms with van der Waals surface area (Å²) in [4.78, 5) is 14.6. The molecule has 3 aromatic heterocycles. The molecule has 28 radical (unpaired) electrons. The topological polar surface area (TPSA) is 56.7 Å². The quantitative estimate of drug-likeness (QED) is 0.162. The summed E-state index contributed by atoms with van der Waals surface area (Å²) in [5.41, 5.74) is 6.44. The number of rotatable bonds is 6. The van der Waals surface area contributed by atoms with Gasteiger partial charge in [0, 0.05) is 50.0 Å². The second-order valence-electron chi connectivity index (χ2n) is 17.0. The van der Waals surface area contributed by atoms with Crippen molar-refractivity contribution in [3.8, 4) is 62.1 Å². The van der Waals surface area contributed by atoms with Gasteiger partial charge in [0.05, 0.1) is 11.0 Å². The van der Waals surface area contributed by atoms with Crippen LogP contribution >= 0.6 is 0 Å². The molecule has 0 aliphatic heterocycles. The zero-order valence-corrected chi connectivity index (χ0v) is 37.2. The molecule has 70 heavy (non-hydrogen) atoms. The highest BCUT2D eigenvalue weighted by molar-refractivity contribution is 6.71. The van der Waals surface area contributed by atoms with Crippen LogP contribution in [-0.4, -0.2) is 129 Å². The maximum Gasteiger partial charge on any atom is 0.164 e. The molecular weight excluding hydrogens is 836 g/mol. The van der Waals surface area contributed by atoms with Crippen LogP contribution in [0.25, 0.3) is 106 Å². The number of aromatic nitrogens is 4. The first-order valence-electron chi connectivity index (χ1n) is 21.7. The van der Waals surface area contributed by atoms with Crippen LogP contribution in [0.3, 0.4) is 0 Å². The molecule has 0 N–H and O–H groups in total. The number of nitrogens with zero attached hydrogens (tertiary/aromatic N) is 4. The van der Waals surface area contributed by atoms with Gasteiger partial charge in [-0.15, -0.1) is 38.2 Å². The molecule has 3 heterocycles. The predicted octanol–water partition coefficient (Wildman–Crippen LogP) is -3.68. The lowest BCUT2D eigenvalue weighted by molar-refractivity contribution is 0.668. The lowest BCUT2D eigenvalue weighted by Gasteiger charge is -2.28. The maximum absolute atomic E-state index is 6.99. The van der Waals surface area contributed by atoms with E-state index in [-0.39, 0.29) is 116 Å². The molecule has 0 saturated carbocycles. The zero-order chi connectivity index (χ0) is 49.2. The van der Waals surface area contributed by atoms with Gasteiger partial charge in [0.25, 0.3) is 0 Å². The van der Waals surface area contributed by atoms with Crippen molar-refractivity contribution >= 4 is 230 Å². The van der Waals surface area contributed by atoms with E-state index in [1.165, 1.54) is 0 Å². The van der Waals surface area contributed by atoms with E-state index in [2.05, 4.69) is 59.2 Å². The molecule has 11 rings (SSSR count). The normalized spacial score (nSPS) is 11.7. The number of hydrogen-bond acceptors (Lipinski definition) is 4. The Balaban J connectivity index is 1.10. The lowest BCUT2D eigenvalue weighted by Crippen LogP contribution is -2.57. The second kappa shape index (κ2) is 17.0. The van der Waals surface area contributed by atoms with E-state index in [9.17, 15) is 0 Å². The van der Waals surface area contributed by atoms with E-state index in [0.29, 0.717) is 16.7 Å². The average molecular weight is 854 g/mol. The van der Waals surface area contributed by atoms with Crippen molar-refractivity contribution in [2.75, 3.05) is 0 Å². The van der Waals surface area contributed by atoms with E-state index in [1.807, 2.05) is 48.5 Å². The van der Waals surface area contributed by atoms with Gasteiger partial charge in [-0.2, -0.15) is 0 Å². The lowest BCUT2D eigenvalue weighted by atomic mass is 9.56. The number of para-hydroxylation sites is 1. The molecule has 19 heteroatoms. The van der Waals surface area contributed by atoms with Crippen molar-refractivity contribution in [2.45, 2.75) is 0 Å². The van der Waals surface area contributed by atoms with Gasteiger partial charge in [-0.3, -0.25) is 0 Å². The molecule has 8 aromatic carbocycles. The molecular formula is C51H18B14N4O. The first kappa shape index (κ1) is 45.7. The summed E-state index contributed by atoms with van der Waals surface area (Å²) in [7, 11) is 90.7. The fourth-order valence-corrected chi connectivity index (χ4v) is 9.38. The van der Waals surface area contributed by atoms with Gasteiger partial charge in [0.15, 0.2) is 17.5 Å². The van der Waals surface area contributed by atoms with Crippen LogP contribution in [0.5, 0.6) is 0 Å². The molecule has 0 atom stereocenters. The van der Waals surface area contributed by atoms with E-state index >= 15 is 0 Å². The minimum absolute atomic E-state index is 0.0104. The summed E-state index contributed by atoms with van der Waals surface area (Å²) in [6.45, 7) is 0. The molecule has 290 valence electrons. The van der Waals surface area contributed by atoms with Crippen molar-refractivity contribution in [1.82, 2.24) is 19.5 Å². The van der Waals surface area contributed by atoms with Gasteiger partial charge in [-0.05, 0) is 64.7 Å². The number of hydrogen-bond donors (Lipinski definition) is 0. The van der Waals surface area contributed by atoms with E-state index in [4.69, 9.17) is 129 Å². The van der Waals surface area contributed by atoms with Crippen LogP contribution in [0.1, 0.15) is 0 Å². The Labute approximate surface area is 422 Å². The Morgan fingerprint density at radius 2 is 0.743 bits per heavy atom. The number of fused-ring (bicyclic) bond motifs is 6. The summed E-state index contributed by atoms with van der Waals surface area (Å²) in [5.74, 6) is -0.0621. The largest absolute Gasteiger partial charge is 0.456 e. The zero-order valence-electron chi connectivity index (χ0n) is 37.2. The highest BCUT2D eigenvalue weighted by Crippen LogP contribution is 2.38. The van der Waals surface area contributed by atoms with Crippen molar-refractivity contribution < 1.29 is 4.42 Å². The smallest absolute Gasteiger partial charge is 0.164 e. The van der Waals surface area contributed by atoms with Gasteiger partial charge in [-0.25, -0.2) is 15.0 Å². The fourth-order valence-electron chi connectivity index (χ4n) is 9.38. The first-order chi connectivity index (χ1) is 33.5. The van der Waals surface area contributed by atoms with Crippen molar-refractivity contribution in [3.63, 3.8) is 0 Å². The van der Waals surface area contributed by atoms with Crippen molar-refractivity contribution in [1.29, 1.82) is 0 Å². The van der Waals surface area contributed by atoms with Crippen LogP contribution in [0.2, 0.25) is 0 Å². The fraction of sp³-hybridized carbons (Fsp3) is 0. The van der Waals surface area contributed by atoms with Crippen LogP contribution in [0, 0.1) is 0 Å². The van der Waals surface area contributed by atoms with Crippen LogP contribution in [0.15, 0.2) is 114 Å². The van der Waals surface area contributed by atoms with Gasteiger partial charge < -0.3 is 8.98 Å². The van der Waals surface area contributed by atoms with Crippen LogP contribution in [-0.2, 0) is 0 Å². The Kier molecular flexibility index (Phi) is 11.1. The third kappa shape index (κ3) is 6.93. The Hall–Kier alpha value is -6.72. The van der Waals surface area contributed by atoms with Crippen molar-refractivity contribution in [2.24, 2.45) is 0 Å². The summed E-state index contributed by atoms with van der Waals surface area (Å²) in [6.07, 6.45) is 0. The summed E-state index contributed by atoms with van der Waals surface area (Å²) >= 11 is 0. The standard InChI is InChI=1S/C51H18B14N4O/c52-35-31(32-37(54)43(60)47(64)44(61)38(32)55)36(53)42(59)39(56)33(35)50-66-49(67-51(68-50)34-40(57)45(62)48(65)46(63)41(34)58)21-10-13-24-25-14-12-22(18-30(25)70-29(24)17-21)69-27-9-5-4-8-23(27)26-16-20(11-15-28(26)69)19-6-2-1-3-7-19/h1-18H. The van der Waals surface area contributed by atoms with Crippen LogP contribution in [0.4, 0.5) is 0 Å². The van der Waals surface area contributed by atoms with Gasteiger partial charge >= 0.3 is 0 Å². The van der Waals surface area contributed by atoms with Gasteiger partial charge in [0.1, 0.15) is 121 Å². The second-order valence-corrected chi connectivity index (χ2v) is 17.0. The molecule has 11 aromatic rings. The summed E-state index contributed by atoms with van der Waals surface area (Å²) in [6, 6.07) is 36.9. The van der Waals surface area contributed by atoms with Gasteiger partial charge in [0.2, 0.25) is 0 Å². The minimum atomic E-state index is -0.101. The SMILES string of the molecule is [B]c1c([B])c([B])c(-c2nc(-c3ccc4c(c3)oc3cc(-n5c6ccccc6c6cc(-c7ccccc7)ccc65)ccc34)nc(-c3c([B])c([B])c([B])c(-c4c([B])c([B])c([B])c([B])c4[B])c3[B])n2)c([B])c1[B]. The molecule has 0 bridgehead atoms. The maximum atomic E-state index is 6.99. The molecule has 0 unspecified atom stereocenters. The third-order valence-electron chi connectivity index (χ3n) is 13.1. The summed E-state index contributed by atoms with van der Waals surface area (Å²) < 4.78 is 8.90. The average Bonchev–Trinajstić information content (AvgIpc) is 3.91. The number of furan rings is 1. The monoisotopic (exact) mass is 856 g/mol. The van der Waals surface area contributed by atoms with Gasteiger partial charge in [-0.1, -0.05) is 98.9 Å². The molecule has 5 nitrogen and oxygen atoms in total. The minimum Gasteiger partial charge on any atom is -0.456 e. The molecule has 0 saturated heterocycles. The van der Waals surface area contributed by atoms with E-state index in [1.54, 1.807) is 6.07 Å². The molecule has 0 fully saturated rings. The first-order valence-corrected chi connectivity index (χ1v) is 21.7. The molecule has 0 amide bonds. The highest BCUT2D eigenvalue weighted by atomic mass is 16.3. The van der Waals surface area contributed by atoms with Crippen LogP contribution < -0.4 is 76.5 Å².